The largest absolute Gasteiger partial charge is 0.313 e. The first kappa shape index (κ1) is 14.3. The first-order valence-electron chi connectivity index (χ1n) is 7.34. The fraction of sp³-hybridized carbons (Fsp3) is 0.211. The van der Waals surface area contributed by atoms with E-state index >= 15 is 0 Å². The number of aromatic nitrogens is 1. The summed E-state index contributed by atoms with van der Waals surface area (Å²) < 4.78 is 13.7. The Morgan fingerprint density at radius 3 is 2.95 bits per heavy atom. The fourth-order valence-electron chi connectivity index (χ4n) is 2.50. The van der Waals surface area contributed by atoms with Crippen molar-refractivity contribution in [1.82, 2.24) is 4.98 Å². The fourth-order valence-corrected chi connectivity index (χ4v) is 2.50. The standard InChI is InChI=1S/C19H17FN2/c1-13-6-3-4-7-15(13)10-11-21-18-12-16-8-5-9-17(20)19(16)22-14(18)2/h3,5-6,8-9,12,21H,4,7H2,1-2H3. The number of halogens is 1. The van der Waals surface area contributed by atoms with E-state index in [-0.39, 0.29) is 5.82 Å². The second-order valence-electron chi connectivity index (χ2n) is 5.41. The maximum Gasteiger partial charge on any atom is 0.149 e. The highest BCUT2D eigenvalue weighted by atomic mass is 19.1. The number of fused-ring (bicyclic) bond motifs is 1. The van der Waals surface area contributed by atoms with Crippen LogP contribution in [0.15, 0.2) is 47.6 Å². The van der Waals surface area contributed by atoms with Crippen LogP contribution in [0, 0.1) is 24.7 Å². The summed E-state index contributed by atoms with van der Waals surface area (Å²) in [5.74, 6) is 2.87. The summed E-state index contributed by atoms with van der Waals surface area (Å²) in [7, 11) is 0. The molecule has 0 amide bonds. The van der Waals surface area contributed by atoms with Gasteiger partial charge in [-0.2, -0.15) is 0 Å². The number of rotatable bonds is 1. The highest BCUT2D eigenvalue weighted by molar-refractivity contribution is 5.83. The minimum absolute atomic E-state index is 0.298. The highest BCUT2D eigenvalue weighted by Crippen LogP contribution is 2.22. The molecule has 0 radical (unpaired) electrons. The first-order valence-corrected chi connectivity index (χ1v) is 7.34. The SMILES string of the molecule is CC1=C(C#CNc2cc3cccc(F)c3nc2C)CCC=C1. The lowest BCUT2D eigenvalue weighted by Crippen LogP contribution is -1.97. The Morgan fingerprint density at radius 2 is 2.14 bits per heavy atom. The summed E-state index contributed by atoms with van der Waals surface area (Å²) in [6.45, 7) is 3.93. The van der Waals surface area contributed by atoms with Gasteiger partial charge in [0.25, 0.3) is 0 Å². The third kappa shape index (κ3) is 2.87. The number of nitrogens with zero attached hydrogens (tertiary/aromatic N) is 1. The molecule has 0 aliphatic heterocycles. The van der Waals surface area contributed by atoms with Crippen molar-refractivity contribution >= 4 is 16.6 Å². The van der Waals surface area contributed by atoms with E-state index in [1.165, 1.54) is 11.6 Å². The number of pyridine rings is 1. The Morgan fingerprint density at radius 1 is 1.27 bits per heavy atom. The molecule has 1 aromatic heterocycles. The number of hydrogen-bond donors (Lipinski definition) is 1. The molecule has 0 fully saturated rings. The maximum atomic E-state index is 13.7. The summed E-state index contributed by atoms with van der Waals surface area (Å²) >= 11 is 0. The molecule has 0 saturated carbocycles. The lowest BCUT2D eigenvalue weighted by molar-refractivity contribution is 0.636. The van der Waals surface area contributed by atoms with Crippen LogP contribution < -0.4 is 5.32 Å². The molecule has 3 rings (SSSR count). The van der Waals surface area contributed by atoms with Crippen LogP contribution in [0.5, 0.6) is 0 Å². The minimum atomic E-state index is -0.298. The molecular weight excluding hydrogens is 275 g/mol. The molecule has 0 spiro atoms. The smallest absolute Gasteiger partial charge is 0.149 e. The van der Waals surface area contributed by atoms with Gasteiger partial charge < -0.3 is 5.32 Å². The Kier molecular flexibility index (Phi) is 3.93. The summed E-state index contributed by atoms with van der Waals surface area (Å²) in [4.78, 5) is 4.33. The summed E-state index contributed by atoms with van der Waals surface area (Å²) in [6.07, 6.45) is 6.30. The topological polar surface area (TPSA) is 24.9 Å². The van der Waals surface area contributed by atoms with Gasteiger partial charge in [0.1, 0.15) is 11.3 Å². The van der Waals surface area contributed by atoms with E-state index in [9.17, 15) is 4.39 Å². The van der Waals surface area contributed by atoms with Gasteiger partial charge >= 0.3 is 0 Å². The molecule has 3 heteroatoms. The highest BCUT2D eigenvalue weighted by Gasteiger charge is 2.06. The average molecular weight is 292 g/mol. The number of allylic oxidation sites excluding steroid dienone is 4. The van der Waals surface area contributed by atoms with Crippen molar-refractivity contribution in [3.63, 3.8) is 0 Å². The predicted molar refractivity (Wildman–Crippen MR) is 88.9 cm³/mol. The summed E-state index contributed by atoms with van der Waals surface area (Å²) in [5, 5.41) is 3.86. The zero-order valence-electron chi connectivity index (χ0n) is 12.7. The third-order valence-corrected chi connectivity index (χ3v) is 3.80. The van der Waals surface area contributed by atoms with E-state index in [0.717, 1.165) is 35.2 Å². The Balaban J connectivity index is 1.89. The van der Waals surface area contributed by atoms with Crippen LogP contribution in [0.1, 0.15) is 25.5 Å². The quantitative estimate of drug-likeness (QED) is 0.607. The molecule has 22 heavy (non-hydrogen) atoms. The molecule has 0 unspecified atom stereocenters. The number of nitrogens with one attached hydrogen (secondary N) is 1. The van der Waals surface area contributed by atoms with Gasteiger partial charge in [-0.05, 0) is 50.3 Å². The second-order valence-corrected chi connectivity index (χ2v) is 5.41. The van der Waals surface area contributed by atoms with Crippen molar-refractivity contribution in [2.45, 2.75) is 26.7 Å². The lowest BCUT2D eigenvalue weighted by Gasteiger charge is -2.08. The average Bonchev–Trinajstić information content (AvgIpc) is 2.51. The van der Waals surface area contributed by atoms with Gasteiger partial charge in [0, 0.05) is 17.0 Å². The van der Waals surface area contributed by atoms with Crippen LogP contribution in [-0.2, 0) is 0 Å². The molecule has 0 atom stereocenters. The van der Waals surface area contributed by atoms with Crippen LogP contribution >= 0.6 is 0 Å². The molecule has 110 valence electrons. The van der Waals surface area contributed by atoms with Crippen molar-refractivity contribution in [2.24, 2.45) is 0 Å². The Labute approximate surface area is 129 Å². The van der Waals surface area contributed by atoms with E-state index in [0.29, 0.717) is 5.52 Å². The van der Waals surface area contributed by atoms with Gasteiger partial charge in [-0.25, -0.2) is 9.37 Å². The van der Waals surface area contributed by atoms with Crippen LogP contribution in [0.2, 0.25) is 0 Å². The molecule has 1 heterocycles. The molecule has 1 N–H and O–H groups in total. The zero-order valence-corrected chi connectivity index (χ0v) is 12.7. The molecule has 1 aromatic carbocycles. The molecule has 0 saturated heterocycles. The first-order chi connectivity index (χ1) is 10.6. The van der Waals surface area contributed by atoms with Gasteiger partial charge in [-0.3, -0.25) is 0 Å². The van der Waals surface area contributed by atoms with Gasteiger partial charge in [-0.15, -0.1) is 0 Å². The number of hydrogen-bond acceptors (Lipinski definition) is 2. The maximum absolute atomic E-state index is 13.7. The van der Waals surface area contributed by atoms with E-state index in [2.05, 4.69) is 41.3 Å². The monoisotopic (exact) mass is 292 g/mol. The Hall–Kier alpha value is -2.60. The summed E-state index contributed by atoms with van der Waals surface area (Å²) in [6, 6.07) is 9.84. The van der Waals surface area contributed by atoms with E-state index in [1.54, 1.807) is 6.07 Å². The molecule has 0 bridgehead atoms. The molecule has 2 aromatic rings. The second kappa shape index (κ2) is 6.03. The molecule has 1 aliphatic rings. The molecular formula is C19H17FN2. The lowest BCUT2D eigenvalue weighted by atomic mass is 9.99. The van der Waals surface area contributed by atoms with Crippen LogP contribution in [0.25, 0.3) is 10.9 Å². The van der Waals surface area contributed by atoms with Gasteiger partial charge in [0.15, 0.2) is 0 Å². The summed E-state index contributed by atoms with van der Waals surface area (Å²) in [5.41, 5.74) is 4.33. The van der Waals surface area contributed by atoms with Crippen LogP contribution in [0.3, 0.4) is 0 Å². The molecule has 2 nitrogen and oxygen atoms in total. The number of aryl methyl sites for hydroxylation is 1. The number of anilines is 1. The van der Waals surface area contributed by atoms with E-state index in [1.807, 2.05) is 19.1 Å². The Bertz CT molecular complexity index is 851. The number of para-hydroxylation sites is 1. The predicted octanol–water partition coefficient (Wildman–Crippen LogP) is 4.72. The normalized spacial score (nSPS) is 14.0. The van der Waals surface area contributed by atoms with Gasteiger partial charge in [0.2, 0.25) is 0 Å². The van der Waals surface area contributed by atoms with E-state index in [4.69, 9.17) is 0 Å². The van der Waals surface area contributed by atoms with Crippen molar-refractivity contribution in [2.75, 3.05) is 5.32 Å². The van der Waals surface area contributed by atoms with Gasteiger partial charge in [0.05, 0.1) is 11.4 Å². The van der Waals surface area contributed by atoms with E-state index < -0.39 is 0 Å². The van der Waals surface area contributed by atoms with Crippen molar-refractivity contribution in [3.05, 3.63) is 59.1 Å². The number of benzene rings is 1. The van der Waals surface area contributed by atoms with Crippen LogP contribution in [-0.4, -0.2) is 4.98 Å². The third-order valence-electron chi connectivity index (χ3n) is 3.80. The zero-order chi connectivity index (χ0) is 15.5. The van der Waals surface area contributed by atoms with Crippen molar-refractivity contribution in [1.29, 1.82) is 0 Å². The van der Waals surface area contributed by atoms with Gasteiger partial charge in [-0.1, -0.05) is 24.3 Å². The van der Waals surface area contributed by atoms with Crippen LogP contribution in [0.4, 0.5) is 10.1 Å². The molecule has 1 aliphatic carbocycles. The minimum Gasteiger partial charge on any atom is -0.313 e. The van der Waals surface area contributed by atoms with Crippen molar-refractivity contribution in [3.8, 4) is 12.0 Å². The van der Waals surface area contributed by atoms with Crippen molar-refractivity contribution < 1.29 is 4.39 Å².